The largest absolute Gasteiger partial charge is 0.499 e. The van der Waals surface area contributed by atoms with Crippen molar-refractivity contribution >= 4 is 0 Å². The summed E-state index contributed by atoms with van der Waals surface area (Å²) in [4.78, 5) is 0. The highest BCUT2D eigenvalue weighted by Gasteiger charge is 1.85. The van der Waals surface area contributed by atoms with Crippen LogP contribution in [-0.2, 0) is 4.74 Å². The molecule has 0 N–H and O–H groups in total. The second-order valence-corrected chi connectivity index (χ2v) is 2.89. The normalized spacial score (nSPS) is 13.3. The van der Waals surface area contributed by atoms with Gasteiger partial charge < -0.3 is 4.74 Å². The second kappa shape index (κ2) is 6.96. The van der Waals surface area contributed by atoms with Crippen LogP contribution >= 0.6 is 0 Å². The Bertz CT molecular complexity index is 166. The van der Waals surface area contributed by atoms with E-state index in [1.807, 2.05) is 13.8 Å². The molecule has 0 heterocycles. The SMILES string of the molecule is CCOC(C)=CCC=C(C)CC. The van der Waals surface area contributed by atoms with E-state index in [0.717, 1.165) is 25.2 Å². The lowest BCUT2D eigenvalue weighted by atomic mass is 10.2. The third kappa shape index (κ3) is 6.02. The van der Waals surface area contributed by atoms with Gasteiger partial charge in [-0.25, -0.2) is 0 Å². The average Bonchev–Trinajstić information content (AvgIpc) is 2.04. The highest BCUT2D eigenvalue weighted by atomic mass is 16.5. The Labute approximate surface area is 76.1 Å². The Balaban J connectivity index is 3.72. The maximum Gasteiger partial charge on any atom is 0.0892 e. The Morgan fingerprint density at radius 2 is 1.83 bits per heavy atom. The number of hydrogen-bond acceptors (Lipinski definition) is 1. The van der Waals surface area contributed by atoms with E-state index in [9.17, 15) is 0 Å². The molecule has 12 heavy (non-hydrogen) atoms. The van der Waals surface area contributed by atoms with Crippen molar-refractivity contribution in [2.45, 2.75) is 40.5 Å². The molecule has 0 fully saturated rings. The van der Waals surface area contributed by atoms with E-state index in [1.54, 1.807) is 0 Å². The zero-order valence-electron chi connectivity index (χ0n) is 8.68. The summed E-state index contributed by atoms with van der Waals surface area (Å²) in [6.45, 7) is 9.09. The summed E-state index contributed by atoms with van der Waals surface area (Å²) in [5.74, 6) is 1.03. The Kier molecular flexibility index (Phi) is 6.54. The van der Waals surface area contributed by atoms with Crippen LogP contribution in [-0.4, -0.2) is 6.61 Å². The van der Waals surface area contributed by atoms with Crippen LogP contribution in [0.25, 0.3) is 0 Å². The summed E-state index contributed by atoms with van der Waals surface area (Å²) in [7, 11) is 0. The van der Waals surface area contributed by atoms with E-state index < -0.39 is 0 Å². The van der Waals surface area contributed by atoms with Gasteiger partial charge in [-0.2, -0.15) is 0 Å². The predicted octanol–water partition coefficient (Wildman–Crippen LogP) is 3.67. The van der Waals surface area contributed by atoms with Gasteiger partial charge in [-0.05, 0) is 39.7 Å². The van der Waals surface area contributed by atoms with Gasteiger partial charge in [-0.3, -0.25) is 0 Å². The van der Waals surface area contributed by atoms with Crippen molar-refractivity contribution in [2.24, 2.45) is 0 Å². The van der Waals surface area contributed by atoms with E-state index in [0.29, 0.717) is 0 Å². The maximum atomic E-state index is 5.29. The first-order valence-corrected chi connectivity index (χ1v) is 4.65. The lowest BCUT2D eigenvalue weighted by molar-refractivity contribution is 0.230. The fourth-order valence-corrected chi connectivity index (χ4v) is 0.857. The fourth-order valence-electron chi connectivity index (χ4n) is 0.857. The molecule has 0 amide bonds. The summed E-state index contributed by atoms with van der Waals surface area (Å²) in [5, 5.41) is 0. The summed E-state index contributed by atoms with van der Waals surface area (Å²) in [6, 6.07) is 0. The molecule has 0 rings (SSSR count). The van der Waals surface area contributed by atoms with Gasteiger partial charge in [0.05, 0.1) is 12.4 Å². The molecule has 0 aromatic rings. The molecule has 0 bridgehead atoms. The van der Waals surface area contributed by atoms with Gasteiger partial charge in [0.2, 0.25) is 0 Å². The van der Waals surface area contributed by atoms with Crippen LogP contribution in [0.1, 0.15) is 40.5 Å². The Morgan fingerprint density at radius 3 is 2.33 bits per heavy atom. The van der Waals surface area contributed by atoms with Crippen molar-refractivity contribution in [3.63, 3.8) is 0 Å². The van der Waals surface area contributed by atoms with E-state index in [-0.39, 0.29) is 0 Å². The van der Waals surface area contributed by atoms with Crippen molar-refractivity contribution in [3.05, 3.63) is 23.5 Å². The van der Waals surface area contributed by atoms with Gasteiger partial charge in [0.25, 0.3) is 0 Å². The van der Waals surface area contributed by atoms with Gasteiger partial charge in [-0.15, -0.1) is 0 Å². The van der Waals surface area contributed by atoms with E-state index in [1.165, 1.54) is 5.57 Å². The predicted molar refractivity (Wildman–Crippen MR) is 54.0 cm³/mol. The molecule has 0 radical (unpaired) electrons. The lowest BCUT2D eigenvalue weighted by Gasteiger charge is -2.00. The van der Waals surface area contributed by atoms with Crippen molar-refractivity contribution in [2.75, 3.05) is 6.61 Å². The van der Waals surface area contributed by atoms with Gasteiger partial charge in [0.15, 0.2) is 0 Å². The summed E-state index contributed by atoms with van der Waals surface area (Å²) in [5.41, 5.74) is 1.44. The molecule has 0 aliphatic rings. The summed E-state index contributed by atoms with van der Waals surface area (Å²) >= 11 is 0. The number of ether oxygens (including phenoxy) is 1. The maximum absolute atomic E-state index is 5.29. The molecule has 0 aromatic heterocycles. The lowest BCUT2D eigenvalue weighted by Crippen LogP contribution is -1.85. The second-order valence-electron chi connectivity index (χ2n) is 2.89. The molecule has 0 atom stereocenters. The number of allylic oxidation sites excluding steroid dienone is 4. The smallest absolute Gasteiger partial charge is 0.0892 e. The summed E-state index contributed by atoms with van der Waals surface area (Å²) < 4.78 is 5.29. The van der Waals surface area contributed by atoms with Crippen molar-refractivity contribution in [1.29, 1.82) is 0 Å². The van der Waals surface area contributed by atoms with Crippen LogP contribution < -0.4 is 0 Å². The molecule has 0 spiro atoms. The zero-order valence-corrected chi connectivity index (χ0v) is 8.68. The Hall–Kier alpha value is -0.720. The first kappa shape index (κ1) is 11.3. The quantitative estimate of drug-likeness (QED) is 0.449. The van der Waals surface area contributed by atoms with E-state index >= 15 is 0 Å². The topological polar surface area (TPSA) is 9.23 Å². The van der Waals surface area contributed by atoms with Crippen LogP contribution in [0.5, 0.6) is 0 Å². The average molecular weight is 168 g/mol. The third-order valence-corrected chi connectivity index (χ3v) is 1.80. The molecular formula is C11H20O. The van der Waals surface area contributed by atoms with E-state index in [2.05, 4.69) is 26.0 Å². The highest BCUT2D eigenvalue weighted by Crippen LogP contribution is 2.03. The molecule has 0 unspecified atom stereocenters. The van der Waals surface area contributed by atoms with Gasteiger partial charge >= 0.3 is 0 Å². The fraction of sp³-hybridized carbons (Fsp3) is 0.636. The van der Waals surface area contributed by atoms with Gasteiger partial charge in [0.1, 0.15) is 0 Å². The highest BCUT2D eigenvalue weighted by molar-refractivity contribution is 5.02. The Morgan fingerprint density at radius 1 is 1.17 bits per heavy atom. The minimum Gasteiger partial charge on any atom is -0.499 e. The van der Waals surface area contributed by atoms with E-state index in [4.69, 9.17) is 4.74 Å². The third-order valence-electron chi connectivity index (χ3n) is 1.80. The first-order valence-electron chi connectivity index (χ1n) is 4.65. The van der Waals surface area contributed by atoms with Crippen LogP contribution in [0.4, 0.5) is 0 Å². The molecule has 0 aliphatic heterocycles. The molecule has 0 saturated heterocycles. The van der Waals surface area contributed by atoms with Crippen LogP contribution in [0, 0.1) is 0 Å². The van der Waals surface area contributed by atoms with Crippen molar-refractivity contribution in [1.82, 2.24) is 0 Å². The monoisotopic (exact) mass is 168 g/mol. The minimum atomic E-state index is 0.763. The van der Waals surface area contributed by atoms with Gasteiger partial charge in [0, 0.05) is 0 Å². The minimum absolute atomic E-state index is 0.763. The van der Waals surface area contributed by atoms with Crippen molar-refractivity contribution < 1.29 is 4.74 Å². The molecule has 1 nitrogen and oxygen atoms in total. The zero-order chi connectivity index (χ0) is 9.40. The molecule has 1 heteroatoms. The van der Waals surface area contributed by atoms with Crippen LogP contribution in [0.15, 0.2) is 23.5 Å². The number of rotatable bonds is 5. The van der Waals surface area contributed by atoms with Gasteiger partial charge in [-0.1, -0.05) is 18.6 Å². The molecular weight excluding hydrogens is 148 g/mol. The van der Waals surface area contributed by atoms with Crippen LogP contribution in [0.2, 0.25) is 0 Å². The first-order chi connectivity index (χ1) is 5.70. The summed E-state index contributed by atoms with van der Waals surface area (Å²) in [6.07, 6.45) is 6.48. The molecule has 0 saturated carbocycles. The van der Waals surface area contributed by atoms with Crippen molar-refractivity contribution in [3.8, 4) is 0 Å². The molecule has 70 valence electrons. The standard InChI is InChI=1S/C11H20O/c1-5-10(3)8-7-9-11(4)12-6-2/h8-9H,5-7H2,1-4H3. The van der Waals surface area contributed by atoms with Crippen LogP contribution in [0.3, 0.4) is 0 Å². The molecule has 0 aromatic carbocycles. The number of hydrogen-bond donors (Lipinski definition) is 0. The molecule has 0 aliphatic carbocycles.